The molecular formula is C12H23F4LiO3S. The van der Waals surface area contributed by atoms with Gasteiger partial charge in [0.15, 0.2) is 12.3 Å². The second kappa shape index (κ2) is 12.7. The predicted octanol–water partition coefficient (Wildman–Crippen LogP) is 0.705. The Morgan fingerprint density at radius 1 is 0.905 bits per heavy atom. The zero-order valence-electron chi connectivity index (χ0n) is 13.3. The monoisotopic (exact) mass is 330 g/mol. The molecule has 0 aromatic rings. The Hall–Kier alpha value is 0.227. The molecule has 3 nitrogen and oxygen atoms in total. The third kappa shape index (κ3) is 13.6. The summed E-state index contributed by atoms with van der Waals surface area (Å²) in [6, 6.07) is 0. The van der Waals surface area contributed by atoms with E-state index in [0.29, 0.717) is 19.3 Å². The molecule has 0 aromatic heterocycles. The molecule has 0 radical (unpaired) electrons. The molecule has 3 unspecified atom stereocenters. The van der Waals surface area contributed by atoms with Gasteiger partial charge in [0.2, 0.25) is 0 Å². The van der Waals surface area contributed by atoms with Crippen LogP contribution in [0.3, 0.4) is 0 Å². The molecule has 124 valence electrons. The summed E-state index contributed by atoms with van der Waals surface area (Å²) >= 11 is 0. The van der Waals surface area contributed by atoms with Crippen molar-refractivity contribution in [2.75, 3.05) is 12.4 Å². The summed E-state index contributed by atoms with van der Waals surface area (Å²) in [5.74, 6) is -1.43. The third-order valence-electron chi connectivity index (χ3n) is 2.92. The molecule has 9 heteroatoms. The topological polar surface area (TPSA) is 54.4 Å². The van der Waals surface area contributed by atoms with Gasteiger partial charge in [-0.15, -0.1) is 0 Å². The SMILES string of the molecule is O=S(=O)(O)CC(F)C(F)C(F)CCCCCCCCF.[H-].[Li+]. The molecule has 0 aliphatic carbocycles. The van der Waals surface area contributed by atoms with Crippen molar-refractivity contribution < 1.29 is 50.8 Å². The van der Waals surface area contributed by atoms with Crippen LogP contribution in [0.5, 0.6) is 0 Å². The van der Waals surface area contributed by atoms with Crippen molar-refractivity contribution in [2.45, 2.75) is 63.5 Å². The maximum Gasteiger partial charge on any atom is 1.00 e. The van der Waals surface area contributed by atoms with Gasteiger partial charge in [-0.1, -0.05) is 32.1 Å². The summed E-state index contributed by atoms with van der Waals surface area (Å²) in [5.41, 5.74) is 0. The molecule has 0 heterocycles. The van der Waals surface area contributed by atoms with Crippen LogP contribution < -0.4 is 18.9 Å². The van der Waals surface area contributed by atoms with Crippen LogP contribution in [0.1, 0.15) is 46.4 Å². The number of hydrogen-bond acceptors (Lipinski definition) is 2. The second-order valence-electron chi connectivity index (χ2n) is 4.82. The molecule has 0 saturated heterocycles. The first-order chi connectivity index (χ1) is 9.28. The Labute approximate surface area is 137 Å². The molecule has 0 amide bonds. The van der Waals surface area contributed by atoms with Crippen LogP contribution in [-0.2, 0) is 10.1 Å². The van der Waals surface area contributed by atoms with Crippen LogP contribution >= 0.6 is 0 Å². The molecule has 0 aliphatic heterocycles. The Morgan fingerprint density at radius 3 is 1.86 bits per heavy atom. The molecule has 0 bridgehead atoms. The molecule has 3 atom stereocenters. The summed E-state index contributed by atoms with van der Waals surface area (Å²) in [5, 5.41) is 0. The van der Waals surface area contributed by atoms with Crippen molar-refractivity contribution in [1.29, 1.82) is 0 Å². The Morgan fingerprint density at radius 2 is 1.38 bits per heavy atom. The third-order valence-corrected chi connectivity index (χ3v) is 3.66. The van der Waals surface area contributed by atoms with Gasteiger partial charge in [0.05, 0.1) is 6.67 Å². The van der Waals surface area contributed by atoms with E-state index in [0.717, 1.165) is 19.3 Å². The number of hydrogen-bond donors (Lipinski definition) is 1. The van der Waals surface area contributed by atoms with E-state index >= 15 is 0 Å². The average molecular weight is 330 g/mol. The van der Waals surface area contributed by atoms with E-state index in [9.17, 15) is 26.0 Å². The largest absolute Gasteiger partial charge is 1.00 e. The molecule has 21 heavy (non-hydrogen) atoms. The van der Waals surface area contributed by atoms with E-state index in [4.69, 9.17) is 4.55 Å². The van der Waals surface area contributed by atoms with Gasteiger partial charge in [0.25, 0.3) is 10.1 Å². The molecule has 1 N–H and O–H groups in total. The zero-order chi connectivity index (χ0) is 15.6. The minimum Gasteiger partial charge on any atom is -1.00 e. The number of unbranched alkanes of at least 4 members (excludes halogenated alkanes) is 5. The summed E-state index contributed by atoms with van der Waals surface area (Å²) in [6.45, 7) is -0.359. The summed E-state index contributed by atoms with van der Waals surface area (Å²) in [4.78, 5) is 0. The summed E-state index contributed by atoms with van der Waals surface area (Å²) < 4.78 is 80.4. The fraction of sp³-hybridized carbons (Fsp3) is 1.00. The van der Waals surface area contributed by atoms with Crippen LogP contribution in [0.2, 0.25) is 0 Å². The van der Waals surface area contributed by atoms with Crippen LogP contribution in [-0.4, -0.2) is 43.9 Å². The molecular weight excluding hydrogens is 307 g/mol. The van der Waals surface area contributed by atoms with Gasteiger partial charge in [-0.3, -0.25) is 8.94 Å². The zero-order valence-corrected chi connectivity index (χ0v) is 13.1. The van der Waals surface area contributed by atoms with Gasteiger partial charge in [-0.25, -0.2) is 13.2 Å². The van der Waals surface area contributed by atoms with Gasteiger partial charge in [0.1, 0.15) is 11.9 Å². The summed E-state index contributed by atoms with van der Waals surface area (Å²) in [7, 11) is -4.65. The molecule has 0 aliphatic rings. The van der Waals surface area contributed by atoms with Gasteiger partial charge in [-0.2, -0.15) is 8.42 Å². The minimum absolute atomic E-state index is 0. The maximum absolute atomic E-state index is 13.3. The van der Waals surface area contributed by atoms with Crippen molar-refractivity contribution >= 4 is 10.1 Å². The Balaban J connectivity index is -0.00000180. The fourth-order valence-corrected chi connectivity index (χ4v) is 2.41. The second-order valence-corrected chi connectivity index (χ2v) is 6.32. The summed E-state index contributed by atoms with van der Waals surface area (Å²) in [6.07, 6.45) is -3.58. The van der Waals surface area contributed by atoms with E-state index in [1.807, 2.05) is 0 Å². The van der Waals surface area contributed by atoms with Crippen molar-refractivity contribution in [3.63, 3.8) is 0 Å². The van der Waals surface area contributed by atoms with E-state index in [-0.39, 0.29) is 33.4 Å². The first-order valence-corrected chi connectivity index (χ1v) is 8.32. The normalized spacial score (nSPS) is 16.0. The van der Waals surface area contributed by atoms with Crippen molar-refractivity contribution in [2.24, 2.45) is 0 Å². The Kier molecular flexibility index (Phi) is 14.3. The number of halogens is 4. The average Bonchev–Trinajstić information content (AvgIpc) is 2.34. The van der Waals surface area contributed by atoms with Crippen LogP contribution in [0.25, 0.3) is 0 Å². The maximum atomic E-state index is 13.3. The van der Waals surface area contributed by atoms with E-state index in [1.165, 1.54) is 0 Å². The van der Waals surface area contributed by atoms with Gasteiger partial charge < -0.3 is 1.43 Å². The predicted molar refractivity (Wildman–Crippen MR) is 70.5 cm³/mol. The van der Waals surface area contributed by atoms with E-state index in [2.05, 4.69) is 0 Å². The van der Waals surface area contributed by atoms with Crippen LogP contribution in [0.4, 0.5) is 17.6 Å². The smallest absolute Gasteiger partial charge is 1.00 e. The number of alkyl halides is 4. The first kappa shape index (κ1) is 23.5. The molecule has 0 saturated carbocycles. The van der Waals surface area contributed by atoms with E-state index < -0.39 is 34.4 Å². The molecule has 0 rings (SSSR count). The van der Waals surface area contributed by atoms with Crippen molar-refractivity contribution in [3.05, 3.63) is 0 Å². The van der Waals surface area contributed by atoms with Crippen LogP contribution in [0.15, 0.2) is 0 Å². The van der Waals surface area contributed by atoms with Crippen molar-refractivity contribution in [1.82, 2.24) is 0 Å². The van der Waals surface area contributed by atoms with Crippen LogP contribution in [0, 0.1) is 0 Å². The minimum atomic E-state index is -4.65. The standard InChI is InChI=1S/C12H22F4O3S.Li.H/c13-8-6-4-2-1-3-5-7-10(14)12(16)11(15)9-20(17,18)19;;/h10-12H,1-9H2,(H,17,18,19);;/q;+1;-1. The molecule has 0 fully saturated rings. The van der Waals surface area contributed by atoms with Gasteiger partial charge in [-0.05, 0) is 12.8 Å². The molecule has 0 aromatic carbocycles. The van der Waals surface area contributed by atoms with Gasteiger partial charge in [0, 0.05) is 0 Å². The fourth-order valence-electron chi connectivity index (χ4n) is 1.82. The van der Waals surface area contributed by atoms with E-state index in [1.54, 1.807) is 0 Å². The quantitative estimate of drug-likeness (QED) is 0.248. The van der Waals surface area contributed by atoms with Crippen molar-refractivity contribution in [3.8, 4) is 0 Å². The number of rotatable bonds is 12. The first-order valence-electron chi connectivity index (χ1n) is 6.71. The molecule has 0 spiro atoms. The van der Waals surface area contributed by atoms with Gasteiger partial charge >= 0.3 is 18.9 Å². The Bertz CT molecular complexity index is 349.